The maximum absolute atomic E-state index is 11.5. The Hall–Kier alpha value is -2.72. The van der Waals surface area contributed by atoms with E-state index in [9.17, 15) is 9.59 Å². The third-order valence-electron chi connectivity index (χ3n) is 2.23. The molecule has 0 radical (unpaired) electrons. The number of carbonyl (C=O) groups excluding carboxylic acids is 2. The second kappa shape index (κ2) is 9.26. The summed E-state index contributed by atoms with van der Waals surface area (Å²) < 4.78 is 9.85. The van der Waals surface area contributed by atoms with Crippen LogP contribution < -0.4 is 15.6 Å². The van der Waals surface area contributed by atoms with Crippen molar-refractivity contribution in [2.24, 2.45) is 0 Å². The molecule has 1 aromatic carbocycles. The van der Waals surface area contributed by atoms with E-state index in [1.54, 1.807) is 37.3 Å². The highest BCUT2D eigenvalue weighted by Crippen LogP contribution is 2.15. The van der Waals surface area contributed by atoms with Crippen LogP contribution in [0.3, 0.4) is 0 Å². The topological polar surface area (TPSA) is 100 Å². The average molecular weight is 324 g/mol. The van der Waals surface area contributed by atoms with Crippen LogP contribution in [0.25, 0.3) is 0 Å². The lowest BCUT2D eigenvalue weighted by molar-refractivity contribution is -0.138. The SMILES string of the molecule is CCOC(=O)/C(C#N)=C/NNC(=O)COc1ccc(Cl)cc1. The van der Waals surface area contributed by atoms with Gasteiger partial charge in [0.25, 0.3) is 5.91 Å². The van der Waals surface area contributed by atoms with Crippen LogP contribution in [0.2, 0.25) is 5.02 Å². The summed E-state index contributed by atoms with van der Waals surface area (Å²) in [5, 5.41) is 9.32. The van der Waals surface area contributed by atoms with E-state index < -0.39 is 11.9 Å². The quantitative estimate of drug-likeness (QED) is 0.339. The van der Waals surface area contributed by atoms with Gasteiger partial charge in [0.1, 0.15) is 11.8 Å². The zero-order valence-electron chi connectivity index (χ0n) is 11.8. The number of carbonyl (C=O) groups is 2. The lowest BCUT2D eigenvalue weighted by Crippen LogP contribution is -2.37. The summed E-state index contributed by atoms with van der Waals surface area (Å²) in [4.78, 5) is 22.8. The van der Waals surface area contributed by atoms with E-state index in [0.29, 0.717) is 10.8 Å². The van der Waals surface area contributed by atoms with E-state index in [-0.39, 0.29) is 18.8 Å². The van der Waals surface area contributed by atoms with Crippen molar-refractivity contribution in [3.05, 3.63) is 41.1 Å². The molecule has 8 heteroatoms. The van der Waals surface area contributed by atoms with Crippen molar-refractivity contribution in [2.45, 2.75) is 6.92 Å². The molecular formula is C14H14ClN3O4. The van der Waals surface area contributed by atoms with Crippen molar-refractivity contribution < 1.29 is 19.1 Å². The molecule has 1 aromatic rings. The number of benzene rings is 1. The summed E-state index contributed by atoms with van der Waals surface area (Å²) in [7, 11) is 0. The standard InChI is InChI=1S/C14H14ClN3O4/c1-2-21-14(20)10(7-16)8-17-18-13(19)9-22-12-5-3-11(15)4-6-12/h3-6,8,17H,2,9H2,1H3,(H,18,19)/b10-8+. The predicted molar refractivity (Wildman–Crippen MR) is 78.6 cm³/mol. The highest BCUT2D eigenvalue weighted by Gasteiger charge is 2.09. The van der Waals surface area contributed by atoms with Gasteiger partial charge in [-0.3, -0.25) is 10.2 Å². The first-order valence-electron chi connectivity index (χ1n) is 6.27. The van der Waals surface area contributed by atoms with Crippen LogP contribution in [0.4, 0.5) is 0 Å². The molecule has 1 rings (SSSR count). The predicted octanol–water partition coefficient (Wildman–Crippen LogP) is 1.31. The third-order valence-corrected chi connectivity index (χ3v) is 2.48. The minimum Gasteiger partial charge on any atom is -0.484 e. The third kappa shape index (κ3) is 6.15. The molecule has 0 saturated heterocycles. The van der Waals surface area contributed by atoms with E-state index in [0.717, 1.165) is 6.20 Å². The zero-order valence-corrected chi connectivity index (χ0v) is 12.5. The molecule has 0 aliphatic carbocycles. The Bertz CT molecular complexity index is 593. The minimum absolute atomic E-state index is 0.152. The summed E-state index contributed by atoms with van der Waals surface area (Å²) >= 11 is 5.72. The first-order chi connectivity index (χ1) is 10.6. The molecule has 0 saturated carbocycles. The molecule has 2 N–H and O–H groups in total. The molecule has 0 heterocycles. The van der Waals surface area contributed by atoms with Gasteiger partial charge in [0.2, 0.25) is 0 Å². The molecule has 0 fully saturated rings. The molecule has 7 nitrogen and oxygen atoms in total. The Balaban J connectivity index is 2.38. The Morgan fingerprint density at radius 3 is 2.64 bits per heavy atom. The molecule has 0 aliphatic heterocycles. The average Bonchev–Trinajstić information content (AvgIpc) is 2.51. The van der Waals surface area contributed by atoms with Gasteiger partial charge >= 0.3 is 5.97 Å². The molecule has 0 bridgehead atoms. The second-order valence-corrected chi connectivity index (χ2v) is 4.26. The number of hydrogen-bond acceptors (Lipinski definition) is 6. The van der Waals surface area contributed by atoms with E-state index in [4.69, 9.17) is 21.6 Å². The Morgan fingerprint density at radius 2 is 2.05 bits per heavy atom. The van der Waals surface area contributed by atoms with Gasteiger partial charge in [0, 0.05) is 11.2 Å². The van der Waals surface area contributed by atoms with Crippen molar-refractivity contribution >= 4 is 23.5 Å². The van der Waals surface area contributed by atoms with Gasteiger partial charge in [0.05, 0.1) is 6.61 Å². The van der Waals surface area contributed by atoms with Gasteiger partial charge < -0.3 is 14.9 Å². The number of amides is 1. The summed E-state index contributed by atoms with van der Waals surface area (Å²) in [6.45, 7) is 1.53. The Labute approximate surface area is 132 Å². The van der Waals surface area contributed by atoms with Gasteiger partial charge in [-0.05, 0) is 31.2 Å². The number of hydrogen-bond donors (Lipinski definition) is 2. The minimum atomic E-state index is -0.774. The fraction of sp³-hybridized carbons (Fsp3) is 0.214. The molecule has 116 valence electrons. The number of ether oxygens (including phenoxy) is 2. The van der Waals surface area contributed by atoms with Gasteiger partial charge in [0.15, 0.2) is 12.2 Å². The first kappa shape index (κ1) is 17.3. The largest absolute Gasteiger partial charge is 0.484 e. The van der Waals surface area contributed by atoms with E-state index in [2.05, 4.69) is 15.6 Å². The van der Waals surface area contributed by atoms with Crippen molar-refractivity contribution in [1.82, 2.24) is 10.9 Å². The number of nitrogens with zero attached hydrogens (tertiary/aromatic N) is 1. The maximum Gasteiger partial charge on any atom is 0.350 e. The van der Waals surface area contributed by atoms with Gasteiger partial charge in [-0.15, -0.1) is 0 Å². The van der Waals surface area contributed by atoms with Crippen LogP contribution in [0.1, 0.15) is 6.92 Å². The Kier molecular flexibility index (Phi) is 7.29. The van der Waals surface area contributed by atoms with Crippen LogP contribution in [0.15, 0.2) is 36.0 Å². The van der Waals surface area contributed by atoms with Crippen LogP contribution >= 0.6 is 11.6 Å². The highest BCUT2D eigenvalue weighted by molar-refractivity contribution is 6.30. The Morgan fingerprint density at radius 1 is 1.36 bits per heavy atom. The summed E-state index contributed by atoms with van der Waals surface area (Å²) in [6.07, 6.45) is 1.04. The van der Waals surface area contributed by atoms with Crippen LogP contribution in [0.5, 0.6) is 5.75 Å². The first-order valence-corrected chi connectivity index (χ1v) is 6.64. The van der Waals surface area contributed by atoms with Crippen molar-refractivity contribution in [3.63, 3.8) is 0 Å². The second-order valence-electron chi connectivity index (χ2n) is 3.83. The normalized spacial score (nSPS) is 10.3. The zero-order chi connectivity index (χ0) is 16.4. The van der Waals surface area contributed by atoms with Gasteiger partial charge in [-0.25, -0.2) is 4.79 Å². The smallest absolute Gasteiger partial charge is 0.350 e. The number of esters is 1. The van der Waals surface area contributed by atoms with E-state index in [1.807, 2.05) is 0 Å². The fourth-order valence-corrected chi connectivity index (χ4v) is 1.38. The molecule has 0 atom stereocenters. The number of nitriles is 1. The summed E-state index contributed by atoms with van der Waals surface area (Å²) in [6, 6.07) is 8.16. The molecular weight excluding hydrogens is 310 g/mol. The molecule has 0 aromatic heterocycles. The lowest BCUT2D eigenvalue weighted by Gasteiger charge is -2.07. The number of halogens is 1. The van der Waals surface area contributed by atoms with Crippen molar-refractivity contribution in [3.8, 4) is 11.8 Å². The van der Waals surface area contributed by atoms with Gasteiger partial charge in [-0.1, -0.05) is 11.6 Å². The van der Waals surface area contributed by atoms with Crippen molar-refractivity contribution in [1.29, 1.82) is 5.26 Å². The molecule has 1 amide bonds. The fourth-order valence-electron chi connectivity index (χ4n) is 1.25. The van der Waals surface area contributed by atoms with E-state index in [1.165, 1.54) is 0 Å². The van der Waals surface area contributed by atoms with Crippen LogP contribution in [0, 0.1) is 11.3 Å². The molecule has 0 unspecified atom stereocenters. The number of hydrazine groups is 1. The molecule has 0 aliphatic rings. The molecule has 0 spiro atoms. The highest BCUT2D eigenvalue weighted by atomic mass is 35.5. The lowest BCUT2D eigenvalue weighted by atomic mass is 10.3. The monoisotopic (exact) mass is 323 g/mol. The number of rotatable bonds is 7. The number of nitrogens with one attached hydrogen (secondary N) is 2. The summed E-state index contributed by atoms with van der Waals surface area (Å²) in [5.41, 5.74) is 4.32. The van der Waals surface area contributed by atoms with Crippen molar-refractivity contribution in [2.75, 3.05) is 13.2 Å². The van der Waals surface area contributed by atoms with Gasteiger partial charge in [-0.2, -0.15) is 5.26 Å². The summed E-state index contributed by atoms with van der Waals surface area (Å²) in [5.74, 6) is -0.782. The van der Waals surface area contributed by atoms with Crippen LogP contribution in [-0.2, 0) is 14.3 Å². The van der Waals surface area contributed by atoms with Crippen LogP contribution in [-0.4, -0.2) is 25.1 Å². The maximum atomic E-state index is 11.5. The molecule has 22 heavy (non-hydrogen) atoms. The van der Waals surface area contributed by atoms with E-state index >= 15 is 0 Å².